The highest BCUT2D eigenvalue weighted by atomic mass is 127. The minimum atomic E-state index is -3.37. The highest BCUT2D eigenvalue weighted by Gasteiger charge is 2.26. The maximum Gasteiger partial charge on any atom is 0.243 e. The van der Waals surface area contributed by atoms with Gasteiger partial charge in [-0.25, -0.2) is 13.4 Å². The lowest BCUT2D eigenvalue weighted by Crippen LogP contribution is -2.27. The molecular weight excluding hydrogens is 487 g/mol. The first-order valence-corrected chi connectivity index (χ1v) is 10.7. The van der Waals surface area contributed by atoms with Gasteiger partial charge in [-0.3, -0.25) is 0 Å². The third-order valence-corrected chi connectivity index (χ3v) is 6.58. The van der Waals surface area contributed by atoms with Crippen molar-refractivity contribution in [3.8, 4) is 0 Å². The van der Waals surface area contributed by atoms with Crippen molar-refractivity contribution in [3.05, 3.63) is 59.7 Å². The summed E-state index contributed by atoms with van der Waals surface area (Å²) in [6, 6.07) is 14.9. The monoisotopic (exact) mass is 514 g/mol. The largest absolute Gasteiger partial charge is 0.370 e. The average molecular weight is 514 g/mol. The highest BCUT2D eigenvalue weighted by molar-refractivity contribution is 14.0. The molecule has 1 heterocycles. The number of hydrogen-bond acceptors (Lipinski definition) is 3. The van der Waals surface area contributed by atoms with Crippen LogP contribution in [-0.2, 0) is 23.0 Å². The molecule has 2 aromatic carbocycles. The summed E-state index contributed by atoms with van der Waals surface area (Å²) in [7, 11) is -3.37. The number of nitrogens with one attached hydrogen (secondary N) is 1. The zero-order chi connectivity index (χ0) is 19.3. The van der Waals surface area contributed by atoms with E-state index in [9.17, 15) is 8.42 Å². The molecule has 3 rings (SSSR count). The fourth-order valence-corrected chi connectivity index (χ4v) is 4.59. The maximum atomic E-state index is 12.5. The van der Waals surface area contributed by atoms with Gasteiger partial charge in [-0.2, -0.15) is 4.31 Å². The molecule has 2 aromatic rings. The van der Waals surface area contributed by atoms with Gasteiger partial charge in [-0.15, -0.1) is 24.0 Å². The molecule has 3 N–H and O–H groups in total. The Morgan fingerprint density at radius 3 is 2.43 bits per heavy atom. The van der Waals surface area contributed by atoms with E-state index in [4.69, 9.17) is 5.73 Å². The summed E-state index contributed by atoms with van der Waals surface area (Å²) in [5.41, 5.74) is 9.00. The van der Waals surface area contributed by atoms with Crippen LogP contribution in [0.4, 0.5) is 5.69 Å². The molecule has 0 aromatic heterocycles. The first-order valence-electron chi connectivity index (χ1n) is 9.24. The topological polar surface area (TPSA) is 87.8 Å². The Morgan fingerprint density at radius 1 is 1.11 bits per heavy atom. The fraction of sp³-hybridized carbons (Fsp3) is 0.350. The molecule has 1 aliphatic heterocycles. The number of benzene rings is 2. The molecule has 1 saturated heterocycles. The summed E-state index contributed by atoms with van der Waals surface area (Å²) < 4.78 is 26.6. The summed E-state index contributed by atoms with van der Waals surface area (Å²) in [6.07, 6.45) is 2.82. The van der Waals surface area contributed by atoms with Crippen LogP contribution in [0.25, 0.3) is 0 Å². The van der Waals surface area contributed by atoms with Crippen molar-refractivity contribution in [2.45, 2.75) is 37.6 Å². The average Bonchev–Trinajstić information content (AvgIpc) is 3.22. The number of hydrogen-bond donors (Lipinski definition) is 2. The number of nitrogens with two attached hydrogens (primary N) is 1. The van der Waals surface area contributed by atoms with Gasteiger partial charge >= 0.3 is 0 Å². The summed E-state index contributed by atoms with van der Waals surface area (Å²) in [4.78, 5) is 4.67. The van der Waals surface area contributed by atoms with E-state index in [1.807, 2.05) is 18.2 Å². The summed E-state index contributed by atoms with van der Waals surface area (Å²) >= 11 is 0. The minimum absolute atomic E-state index is 0. The molecule has 0 amide bonds. The third kappa shape index (κ3) is 5.68. The number of aliphatic imine (C=N–C) groups is 1. The van der Waals surface area contributed by atoms with Crippen molar-refractivity contribution in [3.63, 3.8) is 0 Å². The zero-order valence-electron chi connectivity index (χ0n) is 16.0. The van der Waals surface area contributed by atoms with E-state index in [2.05, 4.69) is 23.3 Å². The minimum Gasteiger partial charge on any atom is -0.370 e. The van der Waals surface area contributed by atoms with Crippen molar-refractivity contribution in [1.29, 1.82) is 0 Å². The molecule has 6 nitrogen and oxygen atoms in total. The van der Waals surface area contributed by atoms with Gasteiger partial charge < -0.3 is 11.1 Å². The van der Waals surface area contributed by atoms with Crippen LogP contribution in [0, 0.1) is 0 Å². The number of sulfonamides is 1. The Kier molecular flexibility index (Phi) is 8.26. The van der Waals surface area contributed by atoms with Gasteiger partial charge in [0.2, 0.25) is 10.0 Å². The van der Waals surface area contributed by atoms with E-state index in [-0.39, 0.29) is 24.0 Å². The summed E-state index contributed by atoms with van der Waals surface area (Å²) in [5.74, 6) is 0.331. The molecule has 152 valence electrons. The third-order valence-electron chi connectivity index (χ3n) is 4.67. The number of aryl methyl sites for hydroxylation is 1. The standard InChI is InChI=1S/C20H26N4O2S.HI/c1-2-16-6-5-7-18(14-16)23-20(21)22-15-17-8-10-19(11-9-17)27(25,26)24-12-3-4-13-24;/h5-11,14H,2-4,12-13,15H2,1H3,(H3,21,22,23);1H. The number of rotatable bonds is 6. The first-order chi connectivity index (χ1) is 13.0. The molecule has 8 heteroatoms. The molecule has 0 atom stereocenters. The van der Waals surface area contributed by atoms with Crippen molar-refractivity contribution < 1.29 is 8.42 Å². The van der Waals surface area contributed by atoms with Crippen LogP contribution in [-0.4, -0.2) is 31.8 Å². The highest BCUT2D eigenvalue weighted by Crippen LogP contribution is 2.21. The normalized spacial score (nSPS) is 15.2. The quantitative estimate of drug-likeness (QED) is 0.351. The van der Waals surface area contributed by atoms with E-state index in [1.54, 1.807) is 28.6 Å². The molecule has 1 aliphatic rings. The molecule has 0 unspecified atom stereocenters. The van der Waals surface area contributed by atoms with Crippen LogP contribution >= 0.6 is 24.0 Å². The Balaban J connectivity index is 0.00000280. The summed E-state index contributed by atoms with van der Waals surface area (Å²) in [5, 5.41) is 3.08. The van der Waals surface area contributed by atoms with E-state index in [1.165, 1.54) is 5.56 Å². The Hall–Kier alpha value is -1.65. The maximum absolute atomic E-state index is 12.5. The summed E-state index contributed by atoms with van der Waals surface area (Å²) in [6.45, 7) is 3.70. The van der Waals surface area contributed by atoms with Crippen LogP contribution in [0.2, 0.25) is 0 Å². The zero-order valence-corrected chi connectivity index (χ0v) is 19.1. The number of halogens is 1. The molecular formula is C20H27IN4O2S. The Labute approximate surface area is 184 Å². The van der Waals surface area contributed by atoms with Crippen LogP contribution < -0.4 is 11.1 Å². The molecule has 0 radical (unpaired) electrons. The van der Waals surface area contributed by atoms with Gasteiger partial charge in [0.25, 0.3) is 0 Å². The van der Waals surface area contributed by atoms with Gasteiger partial charge in [0.15, 0.2) is 5.96 Å². The van der Waals surface area contributed by atoms with Gasteiger partial charge in [-0.1, -0.05) is 31.2 Å². The van der Waals surface area contributed by atoms with E-state index >= 15 is 0 Å². The molecule has 28 heavy (non-hydrogen) atoms. The van der Waals surface area contributed by atoms with Crippen LogP contribution in [0.5, 0.6) is 0 Å². The van der Waals surface area contributed by atoms with Crippen molar-refractivity contribution in [1.82, 2.24) is 4.31 Å². The van der Waals surface area contributed by atoms with Gasteiger partial charge in [-0.05, 0) is 54.7 Å². The second-order valence-electron chi connectivity index (χ2n) is 6.64. The second-order valence-corrected chi connectivity index (χ2v) is 8.57. The lowest BCUT2D eigenvalue weighted by atomic mass is 10.1. The van der Waals surface area contributed by atoms with Crippen LogP contribution in [0.1, 0.15) is 30.9 Å². The van der Waals surface area contributed by atoms with Gasteiger partial charge in [0, 0.05) is 18.8 Å². The first kappa shape index (κ1) is 22.6. The molecule has 0 spiro atoms. The number of nitrogens with zero attached hydrogens (tertiary/aromatic N) is 2. The van der Waals surface area contributed by atoms with E-state index in [0.29, 0.717) is 30.5 Å². The smallest absolute Gasteiger partial charge is 0.243 e. The lowest BCUT2D eigenvalue weighted by molar-refractivity contribution is 0.477. The SMILES string of the molecule is CCc1cccc(NC(N)=NCc2ccc(S(=O)(=O)N3CCCC3)cc2)c1.I. The fourth-order valence-electron chi connectivity index (χ4n) is 3.08. The Bertz CT molecular complexity index is 908. The predicted octanol–water partition coefficient (Wildman–Crippen LogP) is 3.58. The molecule has 0 bridgehead atoms. The van der Waals surface area contributed by atoms with E-state index < -0.39 is 10.0 Å². The van der Waals surface area contributed by atoms with Crippen LogP contribution in [0.15, 0.2) is 58.4 Å². The van der Waals surface area contributed by atoms with Crippen molar-refractivity contribution in [2.75, 3.05) is 18.4 Å². The van der Waals surface area contributed by atoms with Crippen molar-refractivity contribution >= 4 is 45.6 Å². The van der Waals surface area contributed by atoms with Crippen LogP contribution in [0.3, 0.4) is 0 Å². The molecule has 0 saturated carbocycles. The Morgan fingerprint density at radius 2 is 1.79 bits per heavy atom. The number of guanidine groups is 1. The molecule has 0 aliphatic carbocycles. The lowest BCUT2D eigenvalue weighted by Gasteiger charge is -2.15. The number of anilines is 1. The van der Waals surface area contributed by atoms with Gasteiger partial charge in [0.1, 0.15) is 0 Å². The van der Waals surface area contributed by atoms with Gasteiger partial charge in [0.05, 0.1) is 11.4 Å². The predicted molar refractivity (Wildman–Crippen MR) is 125 cm³/mol. The van der Waals surface area contributed by atoms with E-state index in [0.717, 1.165) is 30.5 Å². The van der Waals surface area contributed by atoms with Crippen molar-refractivity contribution in [2.24, 2.45) is 10.7 Å². The second kappa shape index (κ2) is 10.2. The molecule has 1 fully saturated rings.